The molecule has 0 spiro atoms. The summed E-state index contributed by atoms with van der Waals surface area (Å²) < 4.78 is 40.2. The second kappa shape index (κ2) is 12.0. The van der Waals surface area contributed by atoms with Crippen LogP contribution in [0.25, 0.3) is 0 Å². The summed E-state index contributed by atoms with van der Waals surface area (Å²) in [4.78, 5) is 27.7. The third kappa shape index (κ3) is 7.25. The number of rotatable bonds is 9. The lowest BCUT2D eigenvalue weighted by molar-refractivity contribution is -0.141. The highest BCUT2D eigenvalue weighted by atomic mass is 35.5. The molecule has 1 saturated carbocycles. The fourth-order valence-electron chi connectivity index (χ4n) is 4.09. The lowest BCUT2D eigenvalue weighted by Crippen LogP contribution is -2.52. The third-order valence-corrected chi connectivity index (χ3v) is 8.33. The van der Waals surface area contributed by atoms with Gasteiger partial charge >= 0.3 is 0 Å². The van der Waals surface area contributed by atoms with E-state index in [1.54, 1.807) is 6.92 Å². The van der Waals surface area contributed by atoms with Crippen LogP contribution in [0.1, 0.15) is 44.6 Å². The highest BCUT2D eigenvalue weighted by Crippen LogP contribution is 2.20. The second-order valence-corrected chi connectivity index (χ2v) is 11.4. The van der Waals surface area contributed by atoms with Crippen LogP contribution in [-0.4, -0.2) is 55.1 Å². The molecule has 1 aliphatic carbocycles. The van der Waals surface area contributed by atoms with Gasteiger partial charge in [0.2, 0.25) is 21.8 Å². The normalized spacial score (nSPS) is 15.6. The zero-order valence-electron chi connectivity index (χ0n) is 19.9. The quantitative estimate of drug-likeness (QED) is 0.539. The lowest BCUT2D eigenvalue weighted by Gasteiger charge is -2.32. The van der Waals surface area contributed by atoms with Crippen molar-refractivity contribution in [3.8, 4) is 0 Å². The Bertz CT molecular complexity index is 1120. The van der Waals surface area contributed by atoms with E-state index in [2.05, 4.69) is 5.32 Å². The number of carbonyl (C=O) groups excluding carboxylic acids is 2. The first-order valence-corrected chi connectivity index (χ1v) is 13.5. The molecule has 0 radical (unpaired) electrons. The van der Waals surface area contributed by atoms with Crippen molar-refractivity contribution in [1.82, 2.24) is 14.5 Å². The maximum absolute atomic E-state index is 13.4. The molecule has 2 aromatic carbocycles. The van der Waals surface area contributed by atoms with Gasteiger partial charge in [-0.1, -0.05) is 43.0 Å². The summed E-state index contributed by atoms with van der Waals surface area (Å²) in [6, 6.07) is 10.5. The molecule has 1 aliphatic rings. The van der Waals surface area contributed by atoms with Crippen LogP contribution in [0.2, 0.25) is 5.02 Å². The zero-order valence-corrected chi connectivity index (χ0v) is 21.5. The van der Waals surface area contributed by atoms with Gasteiger partial charge in [0.1, 0.15) is 11.9 Å². The summed E-state index contributed by atoms with van der Waals surface area (Å²) in [6.07, 6.45) is 5.03. The van der Waals surface area contributed by atoms with Gasteiger partial charge in [-0.05, 0) is 61.7 Å². The molecule has 2 aromatic rings. The van der Waals surface area contributed by atoms with Crippen molar-refractivity contribution in [3.63, 3.8) is 0 Å². The van der Waals surface area contributed by atoms with Crippen LogP contribution in [0, 0.1) is 5.82 Å². The fourth-order valence-corrected chi connectivity index (χ4v) is 5.34. The van der Waals surface area contributed by atoms with Crippen molar-refractivity contribution in [3.05, 3.63) is 64.9 Å². The summed E-state index contributed by atoms with van der Waals surface area (Å²) >= 11 is 5.86. The Morgan fingerprint density at radius 2 is 1.66 bits per heavy atom. The van der Waals surface area contributed by atoms with E-state index < -0.39 is 34.3 Å². The Morgan fingerprint density at radius 1 is 1.06 bits per heavy atom. The van der Waals surface area contributed by atoms with Crippen molar-refractivity contribution in [2.75, 3.05) is 13.6 Å². The molecule has 2 amide bonds. The van der Waals surface area contributed by atoms with E-state index in [1.807, 2.05) is 0 Å². The van der Waals surface area contributed by atoms with Crippen LogP contribution >= 0.6 is 11.6 Å². The molecule has 0 bridgehead atoms. The van der Waals surface area contributed by atoms with Crippen LogP contribution in [0.3, 0.4) is 0 Å². The molecule has 10 heteroatoms. The molecule has 7 nitrogen and oxygen atoms in total. The van der Waals surface area contributed by atoms with E-state index in [-0.39, 0.29) is 23.4 Å². The van der Waals surface area contributed by atoms with E-state index in [9.17, 15) is 22.4 Å². The van der Waals surface area contributed by atoms with E-state index in [4.69, 9.17) is 11.6 Å². The molecule has 0 heterocycles. The van der Waals surface area contributed by atoms with E-state index >= 15 is 0 Å². The first-order valence-electron chi connectivity index (χ1n) is 11.6. The van der Waals surface area contributed by atoms with E-state index in [1.165, 1.54) is 60.5 Å². The SMILES string of the molecule is CC(C(=O)NC1CCCCC1)N(Cc1ccc(F)cc1)C(=O)CN(C)S(=O)(=O)c1ccc(Cl)cc1. The van der Waals surface area contributed by atoms with Crippen LogP contribution in [0.4, 0.5) is 4.39 Å². The molecule has 0 aromatic heterocycles. The number of nitrogens with zero attached hydrogens (tertiary/aromatic N) is 2. The number of halogens is 2. The van der Waals surface area contributed by atoms with Gasteiger partial charge < -0.3 is 10.2 Å². The standard InChI is InChI=1S/C25H31ClFN3O4S/c1-18(25(32)28-22-6-4-3-5-7-22)30(16-19-8-12-21(27)13-9-19)24(31)17-29(2)35(33,34)23-14-10-20(26)11-15-23/h8-15,18,22H,3-7,16-17H2,1-2H3,(H,28,32). The number of hydrogen-bond acceptors (Lipinski definition) is 4. The number of carbonyl (C=O) groups is 2. The number of likely N-dealkylation sites (N-methyl/N-ethyl adjacent to an activating group) is 1. The minimum Gasteiger partial charge on any atom is -0.352 e. The maximum atomic E-state index is 13.4. The third-order valence-electron chi connectivity index (χ3n) is 6.26. The van der Waals surface area contributed by atoms with Crippen molar-refractivity contribution >= 4 is 33.4 Å². The minimum atomic E-state index is -3.95. The number of hydrogen-bond donors (Lipinski definition) is 1. The highest BCUT2D eigenvalue weighted by molar-refractivity contribution is 7.89. The van der Waals surface area contributed by atoms with Gasteiger partial charge in [-0.2, -0.15) is 4.31 Å². The fraction of sp³-hybridized carbons (Fsp3) is 0.440. The Labute approximate surface area is 211 Å². The zero-order chi connectivity index (χ0) is 25.6. The molecule has 1 N–H and O–H groups in total. The molecular weight excluding hydrogens is 493 g/mol. The Hall–Kier alpha value is -2.49. The van der Waals surface area contributed by atoms with Crippen LogP contribution < -0.4 is 5.32 Å². The molecule has 0 aliphatic heterocycles. The van der Waals surface area contributed by atoms with Gasteiger partial charge in [-0.3, -0.25) is 9.59 Å². The van der Waals surface area contributed by atoms with Crippen molar-refractivity contribution < 1.29 is 22.4 Å². The number of sulfonamides is 1. The summed E-state index contributed by atoms with van der Waals surface area (Å²) in [5.41, 5.74) is 0.625. The van der Waals surface area contributed by atoms with Gasteiger partial charge in [0.05, 0.1) is 11.4 Å². The Kier molecular flexibility index (Phi) is 9.27. The van der Waals surface area contributed by atoms with E-state index in [0.29, 0.717) is 10.6 Å². The smallest absolute Gasteiger partial charge is 0.243 e. The monoisotopic (exact) mass is 523 g/mol. The van der Waals surface area contributed by atoms with Crippen LogP contribution in [0.15, 0.2) is 53.4 Å². The number of amides is 2. The van der Waals surface area contributed by atoms with Gasteiger partial charge in [-0.25, -0.2) is 12.8 Å². The second-order valence-electron chi connectivity index (χ2n) is 8.88. The predicted molar refractivity (Wildman–Crippen MR) is 133 cm³/mol. The molecule has 1 atom stereocenters. The van der Waals surface area contributed by atoms with Gasteiger partial charge in [0.25, 0.3) is 0 Å². The Morgan fingerprint density at radius 3 is 2.26 bits per heavy atom. The minimum absolute atomic E-state index is 0.00498. The first kappa shape index (κ1) is 27.1. The molecule has 1 fully saturated rings. The highest BCUT2D eigenvalue weighted by Gasteiger charge is 2.31. The topological polar surface area (TPSA) is 86.8 Å². The molecule has 0 saturated heterocycles. The summed E-state index contributed by atoms with van der Waals surface area (Å²) in [5.74, 6) is -1.25. The maximum Gasteiger partial charge on any atom is 0.243 e. The summed E-state index contributed by atoms with van der Waals surface area (Å²) in [5, 5.41) is 3.42. The van der Waals surface area contributed by atoms with Crippen molar-refractivity contribution in [1.29, 1.82) is 0 Å². The van der Waals surface area contributed by atoms with Gasteiger partial charge in [0.15, 0.2) is 0 Å². The Balaban J connectivity index is 1.78. The van der Waals surface area contributed by atoms with Crippen LogP contribution in [0.5, 0.6) is 0 Å². The van der Waals surface area contributed by atoms with Crippen LogP contribution in [-0.2, 0) is 26.2 Å². The first-order chi connectivity index (χ1) is 16.6. The average molecular weight is 524 g/mol. The largest absolute Gasteiger partial charge is 0.352 e. The summed E-state index contributed by atoms with van der Waals surface area (Å²) in [7, 11) is -2.64. The molecular formula is C25H31ClFN3O4S. The van der Waals surface area contributed by atoms with Gasteiger partial charge in [0, 0.05) is 24.7 Å². The molecule has 35 heavy (non-hydrogen) atoms. The number of benzene rings is 2. The van der Waals surface area contributed by atoms with Crippen molar-refractivity contribution in [2.45, 2.75) is 62.6 Å². The number of nitrogens with one attached hydrogen (secondary N) is 1. The summed E-state index contributed by atoms with van der Waals surface area (Å²) in [6.45, 7) is 1.19. The van der Waals surface area contributed by atoms with Crippen molar-refractivity contribution in [2.24, 2.45) is 0 Å². The van der Waals surface area contributed by atoms with E-state index in [0.717, 1.165) is 36.4 Å². The molecule has 190 valence electrons. The predicted octanol–water partition coefficient (Wildman–Crippen LogP) is 3.97. The van der Waals surface area contributed by atoms with Gasteiger partial charge in [-0.15, -0.1) is 0 Å². The molecule has 1 unspecified atom stereocenters. The lowest BCUT2D eigenvalue weighted by atomic mass is 9.95. The molecule has 3 rings (SSSR count). The average Bonchev–Trinajstić information content (AvgIpc) is 2.84.